The molecular formula is C21H24FN7O. The Labute approximate surface area is 174 Å². The first kappa shape index (κ1) is 19.0. The van der Waals surface area contributed by atoms with Crippen molar-refractivity contribution in [2.75, 3.05) is 49.6 Å². The molecule has 0 aliphatic carbocycles. The third-order valence-corrected chi connectivity index (χ3v) is 5.60. The van der Waals surface area contributed by atoms with Crippen LogP contribution in [0.5, 0.6) is 0 Å². The fourth-order valence-corrected chi connectivity index (χ4v) is 3.91. The van der Waals surface area contributed by atoms with Crippen LogP contribution in [0.3, 0.4) is 0 Å². The lowest BCUT2D eigenvalue weighted by Gasteiger charge is -2.43. The van der Waals surface area contributed by atoms with Gasteiger partial charge in [0, 0.05) is 49.8 Å². The molecule has 0 unspecified atom stereocenters. The average molecular weight is 409 g/mol. The summed E-state index contributed by atoms with van der Waals surface area (Å²) in [5.41, 5.74) is 3.86. The number of aromatic nitrogens is 4. The van der Waals surface area contributed by atoms with E-state index in [2.05, 4.69) is 55.3 Å². The Bertz CT molecular complexity index is 1030. The molecule has 2 aliphatic heterocycles. The van der Waals surface area contributed by atoms with Gasteiger partial charge in [0.2, 0.25) is 11.9 Å². The van der Waals surface area contributed by atoms with E-state index in [9.17, 15) is 4.39 Å². The zero-order valence-electron chi connectivity index (χ0n) is 16.8. The van der Waals surface area contributed by atoms with Crippen molar-refractivity contribution < 1.29 is 9.13 Å². The number of nitrogens with one attached hydrogen (secondary N) is 1. The van der Waals surface area contributed by atoms with Crippen LogP contribution in [0, 0.1) is 12.9 Å². The minimum Gasteiger partial charge on any atom is -0.378 e. The molecule has 0 radical (unpaired) electrons. The standard InChI is InChI=1S/C21H24FN7O/c1-15-8-16(25-21-24-14-29(26-21)17-2-3-23-20(22)11-17)10-18(9-15)27-4-6-28(7-5-27)19-12-30-13-19/h2-3,8-11,14,19H,4-7,12-13H2,1H3,(H,25,26). The van der Waals surface area contributed by atoms with Crippen molar-refractivity contribution in [3.05, 3.63) is 54.4 Å². The predicted molar refractivity (Wildman–Crippen MR) is 112 cm³/mol. The first-order valence-corrected chi connectivity index (χ1v) is 10.1. The predicted octanol–water partition coefficient (Wildman–Crippen LogP) is 2.37. The normalized spacial score (nSPS) is 17.7. The molecule has 8 nitrogen and oxygen atoms in total. The van der Waals surface area contributed by atoms with Gasteiger partial charge in [-0.1, -0.05) is 0 Å². The highest BCUT2D eigenvalue weighted by Gasteiger charge is 2.29. The zero-order chi connectivity index (χ0) is 20.5. The molecule has 0 atom stereocenters. The number of halogens is 1. The van der Waals surface area contributed by atoms with Crippen LogP contribution in [0.15, 0.2) is 42.9 Å². The molecule has 2 fully saturated rings. The van der Waals surface area contributed by atoms with Crippen LogP contribution in [0.4, 0.5) is 21.7 Å². The molecule has 0 bridgehead atoms. The number of hydrogen-bond acceptors (Lipinski definition) is 7. The van der Waals surface area contributed by atoms with Crippen LogP contribution >= 0.6 is 0 Å². The number of pyridine rings is 1. The number of hydrogen-bond donors (Lipinski definition) is 1. The van der Waals surface area contributed by atoms with Crippen molar-refractivity contribution >= 4 is 17.3 Å². The van der Waals surface area contributed by atoms with Crippen molar-refractivity contribution in [2.45, 2.75) is 13.0 Å². The van der Waals surface area contributed by atoms with Crippen LogP contribution in [-0.2, 0) is 4.74 Å². The van der Waals surface area contributed by atoms with Gasteiger partial charge < -0.3 is 15.0 Å². The molecule has 0 amide bonds. The molecule has 5 rings (SSSR count). The fourth-order valence-electron chi connectivity index (χ4n) is 3.91. The topological polar surface area (TPSA) is 71.3 Å². The van der Waals surface area contributed by atoms with Crippen molar-refractivity contribution in [1.82, 2.24) is 24.6 Å². The Hall–Kier alpha value is -3.04. The van der Waals surface area contributed by atoms with Gasteiger partial charge in [0.15, 0.2) is 0 Å². The second-order valence-corrected chi connectivity index (χ2v) is 7.75. The van der Waals surface area contributed by atoms with Gasteiger partial charge in [0.25, 0.3) is 0 Å². The third-order valence-electron chi connectivity index (χ3n) is 5.60. The Morgan fingerprint density at radius 1 is 1.03 bits per heavy atom. The van der Waals surface area contributed by atoms with E-state index in [0.29, 0.717) is 17.7 Å². The monoisotopic (exact) mass is 409 g/mol. The summed E-state index contributed by atoms with van der Waals surface area (Å²) >= 11 is 0. The Kier molecular flexibility index (Phi) is 5.06. The van der Waals surface area contributed by atoms with Gasteiger partial charge in [-0.15, -0.1) is 5.10 Å². The van der Waals surface area contributed by atoms with E-state index < -0.39 is 5.95 Å². The number of nitrogens with zero attached hydrogens (tertiary/aromatic N) is 6. The maximum Gasteiger partial charge on any atom is 0.246 e. The molecule has 0 saturated carbocycles. The minimum absolute atomic E-state index is 0.457. The Morgan fingerprint density at radius 2 is 1.87 bits per heavy atom. The molecule has 0 spiro atoms. The summed E-state index contributed by atoms with van der Waals surface area (Å²) in [7, 11) is 0. The van der Waals surface area contributed by atoms with Crippen LogP contribution in [0.2, 0.25) is 0 Å². The molecular weight excluding hydrogens is 385 g/mol. The van der Waals surface area contributed by atoms with E-state index in [1.165, 1.54) is 28.2 Å². The van der Waals surface area contributed by atoms with Crippen LogP contribution in [0.25, 0.3) is 5.69 Å². The molecule has 156 valence electrons. The van der Waals surface area contributed by atoms with Gasteiger partial charge in [-0.2, -0.15) is 9.37 Å². The molecule has 2 aliphatic rings. The van der Waals surface area contributed by atoms with Crippen molar-refractivity contribution in [3.63, 3.8) is 0 Å². The van der Waals surface area contributed by atoms with Gasteiger partial charge in [-0.25, -0.2) is 9.67 Å². The first-order valence-electron chi connectivity index (χ1n) is 10.1. The molecule has 2 aromatic heterocycles. The van der Waals surface area contributed by atoms with E-state index >= 15 is 0 Å². The lowest BCUT2D eigenvalue weighted by Crippen LogP contribution is -2.56. The van der Waals surface area contributed by atoms with Crippen LogP contribution in [-0.4, -0.2) is 70.1 Å². The minimum atomic E-state index is -0.550. The quantitative estimate of drug-likeness (QED) is 0.649. The van der Waals surface area contributed by atoms with Gasteiger partial charge in [0.05, 0.1) is 24.9 Å². The molecule has 30 heavy (non-hydrogen) atoms. The smallest absolute Gasteiger partial charge is 0.246 e. The summed E-state index contributed by atoms with van der Waals surface area (Å²) in [5.74, 6) is -0.0932. The van der Waals surface area contributed by atoms with Gasteiger partial charge in [0.1, 0.15) is 6.33 Å². The maximum atomic E-state index is 13.4. The largest absolute Gasteiger partial charge is 0.378 e. The van der Waals surface area contributed by atoms with Gasteiger partial charge in [-0.05, 0) is 36.8 Å². The second-order valence-electron chi connectivity index (χ2n) is 7.75. The van der Waals surface area contributed by atoms with E-state index in [-0.39, 0.29) is 0 Å². The summed E-state index contributed by atoms with van der Waals surface area (Å²) in [6, 6.07) is 10.00. The molecule has 1 aromatic carbocycles. The number of rotatable bonds is 5. The molecule has 9 heteroatoms. The molecule has 1 N–H and O–H groups in total. The number of piperazine rings is 1. The van der Waals surface area contributed by atoms with Crippen molar-refractivity contribution in [1.29, 1.82) is 0 Å². The van der Waals surface area contributed by atoms with E-state index in [1.54, 1.807) is 12.4 Å². The van der Waals surface area contributed by atoms with E-state index in [0.717, 1.165) is 45.1 Å². The Balaban J connectivity index is 1.28. The maximum absolute atomic E-state index is 13.4. The van der Waals surface area contributed by atoms with Crippen molar-refractivity contribution in [3.8, 4) is 5.69 Å². The van der Waals surface area contributed by atoms with Crippen LogP contribution in [0.1, 0.15) is 5.56 Å². The molecule has 3 aromatic rings. The highest BCUT2D eigenvalue weighted by Crippen LogP contribution is 2.26. The van der Waals surface area contributed by atoms with Gasteiger partial charge >= 0.3 is 0 Å². The highest BCUT2D eigenvalue weighted by molar-refractivity contribution is 5.64. The lowest BCUT2D eigenvalue weighted by atomic mass is 10.1. The fraction of sp³-hybridized carbons (Fsp3) is 0.381. The van der Waals surface area contributed by atoms with Crippen LogP contribution < -0.4 is 10.2 Å². The summed E-state index contributed by atoms with van der Waals surface area (Å²) < 4.78 is 20.2. The summed E-state index contributed by atoms with van der Waals surface area (Å²) in [6.07, 6.45) is 2.96. The van der Waals surface area contributed by atoms with Crippen molar-refractivity contribution in [2.24, 2.45) is 0 Å². The third kappa shape index (κ3) is 3.99. The number of anilines is 3. The number of benzene rings is 1. The second kappa shape index (κ2) is 8.00. The summed E-state index contributed by atoms with van der Waals surface area (Å²) in [6.45, 7) is 7.93. The Morgan fingerprint density at radius 3 is 2.60 bits per heavy atom. The SMILES string of the molecule is Cc1cc(Nc2ncn(-c3ccnc(F)c3)n2)cc(N2CCN(C3COC3)CC2)c1. The number of ether oxygens (including phenoxy) is 1. The van der Waals surface area contributed by atoms with E-state index in [1.807, 2.05) is 0 Å². The van der Waals surface area contributed by atoms with E-state index in [4.69, 9.17) is 4.74 Å². The molecule has 4 heterocycles. The average Bonchev–Trinajstić information content (AvgIpc) is 3.15. The zero-order valence-corrected chi connectivity index (χ0v) is 16.8. The van der Waals surface area contributed by atoms with Gasteiger partial charge in [-0.3, -0.25) is 4.90 Å². The first-order chi connectivity index (χ1) is 14.6. The number of aryl methyl sites for hydroxylation is 1. The summed E-state index contributed by atoms with van der Waals surface area (Å²) in [4.78, 5) is 12.8. The lowest BCUT2D eigenvalue weighted by molar-refractivity contribution is -0.0660. The molecule has 2 saturated heterocycles. The summed E-state index contributed by atoms with van der Waals surface area (Å²) in [5, 5.41) is 7.67. The highest BCUT2D eigenvalue weighted by atomic mass is 19.1.